The Hall–Kier alpha value is -1.91. The van der Waals surface area contributed by atoms with Crippen molar-refractivity contribution in [1.82, 2.24) is 15.5 Å². The van der Waals surface area contributed by atoms with Crippen molar-refractivity contribution < 1.29 is 17.6 Å². The number of nitrogens with one attached hydrogen (secondary N) is 1. The Labute approximate surface area is 156 Å². The second kappa shape index (κ2) is 7.77. The molecule has 10 heteroatoms. The summed E-state index contributed by atoms with van der Waals surface area (Å²) in [6.45, 7) is 2.22. The summed E-state index contributed by atoms with van der Waals surface area (Å²) in [5, 5.41) is 15.9. The van der Waals surface area contributed by atoms with Gasteiger partial charge < -0.3 is 9.73 Å². The summed E-state index contributed by atoms with van der Waals surface area (Å²) in [7, 11) is -3.69. The highest BCUT2D eigenvalue weighted by Crippen LogP contribution is 2.40. The SMILES string of the molecule is C[C@@H](Sc1nnc(C2CC2)o1)C(=O)NCCc1ccc(S(N)(=O)=O)cc1. The van der Waals surface area contributed by atoms with Gasteiger partial charge in [0.25, 0.3) is 5.22 Å². The Morgan fingerprint density at radius 2 is 2.04 bits per heavy atom. The lowest BCUT2D eigenvalue weighted by atomic mass is 10.1. The number of carbonyl (C=O) groups is 1. The van der Waals surface area contributed by atoms with E-state index in [1.165, 1.54) is 23.9 Å². The molecule has 0 unspecified atom stereocenters. The standard InChI is InChI=1S/C16H20N4O4S2/c1-10(25-16-20-19-15(24-16)12-4-5-12)14(21)18-9-8-11-2-6-13(7-3-11)26(17,22)23/h2-3,6-7,10,12H,4-5,8-9H2,1H3,(H,18,21)(H2,17,22,23)/t10-/m1/s1. The lowest BCUT2D eigenvalue weighted by Gasteiger charge is -2.10. The molecule has 1 amide bonds. The Kier molecular flexibility index (Phi) is 5.64. The fourth-order valence-electron chi connectivity index (χ4n) is 2.29. The number of carbonyl (C=O) groups excluding carboxylic acids is 1. The largest absolute Gasteiger partial charge is 0.416 e. The number of thioether (sulfide) groups is 1. The predicted molar refractivity (Wildman–Crippen MR) is 96.1 cm³/mol. The van der Waals surface area contributed by atoms with Gasteiger partial charge in [0.05, 0.1) is 10.1 Å². The van der Waals surface area contributed by atoms with Gasteiger partial charge in [-0.1, -0.05) is 23.9 Å². The lowest BCUT2D eigenvalue weighted by molar-refractivity contribution is -0.120. The van der Waals surface area contributed by atoms with Crippen molar-refractivity contribution in [2.45, 2.75) is 47.5 Å². The number of primary sulfonamides is 1. The molecule has 1 atom stereocenters. The van der Waals surface area contributed by atoms with Crippen LogP contribution in [0.4, 0.5) is 0 Å². The second-order valence-corrected chi connectivity index (χ2v) is 9.02. The molecule has 0 saturated heterocycles. The third-order valence-corrected chi connectivity index (χ3v) is 5.82. The Morgan fingerprint density at radius 1 is 1.35 bits per heavy atom. The van der Waals surface area contributed by atoms with Crippen LogP contribution in [0.2, 0.25) is 0 Å². The second-order valence-electron chi connectivity index (χ2n) is 6.17. The molecule has 8 nitrogen and oxygen atoms in total. The molecule has 1 aliphatic rings. The molecule has 2 aromatic rings. The van der Waals surface area contributed by atoms with Gasteiger partial charge in [0, 0.05) is 12.5 Å². The average Bonchev–Trinajstić information content (AvgIpc) is 3.34. The van der Waals surface area contributed by atoms with Gasteiger partial charge in [-0.15, -0.1) is 10.2 Å². The van der Waals surface area contributed by atoms with Gasteiger partial charge in [-0.2, -0.15) is 0 Å². The van der Waals surface area contributed by atoms with Crippen LogP contribution in [0.3, 0.4) is 0 Å². The van der Waals surface area contributed by atoms with Crippen molar-refractivity contribution in [2.75, 3.05) is 6.54 Å². The third kappa shape index (κ3) is 5.05. The zero-order chi connectivity index (χ0) is 18.7. The molecule has 140 valence electrons. The van der Waals surface area contributed by atoms with Gasteiger partial charge in [0.2, 0.25) is 21.8 Å². The average molecular weight is 396 g/mol. The van der Waals surface area contributed by atoms with E-state index < -0.39 is 10.0 Å². The number of sulfonamides is 1. The molecule has 1 fully saturated rings. The van der Waals surface area contributed by atoms with E-state index in [0.29, 0.717) is 30.0 Å². The molecule has 1 heterocycles. The van der Waals surface area contributed by atoms with Crippen molar-refractivity contribution >= 4 is 27.7 Å². The summed E-state index contributed by atoms with van der Waals surface area (Å²) in [6.07, 6.45) is 2.75. The number of amides is 1. The fraction of sp³-hybridized carbons (Fsp3) is 0.438. The summed E-state index contributed by atoms with van der Waals surface area (Å²) in [6, 6.07) is 6.28. The van der Waals surface area contributed by atoms with Crippen LogP contribution >= 0.6 is 11.8 Å². The van der Waals surface area contributed by atoms with Gasteiger partial charge in [0.15, 0.2) is 0 Å². The zero-order valence-corrected chi connectivity index (χ0v) is 15.8. The highest BCUT2D eigenvalue weighted by molar-refractivity contribution is 8.00. The molecule has 0 aliphatic heterocycles. The summed E-state index contributed by atoms with van der Waals surface area (Å²) in [4.78, 5) is 12.2. The number of hydrogen-bond donors (Lipinski definition) is 2. The first-order chi connectivity index (χ1) is 12.3. The number of aromatic nitrogens is 2. The number of hydrogen-bond acceptors (Lipinski definition) is 7. The van der Waals surface area contributed by atoms with Crippen molar-refractivity contribution in [3.8, 4) is 0 Å². The van der Waals surface area contributed by atoms with E-state index in [9.17, 15) is 13.2 Å². The fourth-order valence-corrected chi connectivity index (χ4v) is 3.52. The molecule has 3 N–H and O–H groups in total. The molecule has 1 aliphatic carbocycles. The van der Waals surface area contributed by atoms with E-state index >= 15 is 0 Å². The molecule has 1 aromatic heterocycles. The van der Waals surface area contributed by atoms with E-state index in [2.05, 4.69) is 15.5 Å². The van der Waals surface area contributed by atoms with Crippen LogP contribution in [0, 0.1) is 0 Å². The maximum absolute atomic E-state index is 12.2. The van der Waals surface area contributed by atoms with Gasteiger partial charge >= 0.3 is 0 Å². The van der Waals surface area contributed by atoms with Crippen LogP contribution in [0.5, 0.6) is 0 Å². The topological polar surface area (TPSA) is 128 Å². The first kappa shape index (κ1) is 18.9. The molecule has 3 rings (SSSR count). The van der Waals surface area contributed by atoms with E-state index in [4.69, 9.17) is 9.56 Å². The first-order valence-corrected chi connectivity index (χ1v) is 10.6. The van der Waals surface area contributed by atoms with E-state index in [0.717, 1.165) is 18.4 Å². The quantitative estimate of drug-likeness (QED) is 0.646. The van der Waals surface area contributed by atoms with Crippen LogP contribution in [-0.2, 0) is 21.2 Å². The number of rotatable bonds is 8. The van der Waals surface area contributed by atoms with E-state index in [1.807, 2.05) is 0 Å². The Morgan fingerprint density at radius 3 is 2.65 bits per heavy atom. The minimum atomic E-state index is -3.69. The smallest absolute Gasteiger partial charge is 0.277 e. The number of benzene rings is 1. The Bertz CT molecular complexity index is 876. The maximum Gasteiger partial charge on any atom is 0.277 e. The van der Waals surface area contributed by atoms with Crippen molar-refractivity contribution in [3.05, 3.63) is 35.7 Å². The summed E-state index contributed by atoms with van der Waals surface area (Å²) < 4.78 is 28.0. The lowest BCUT2D eigenvalue weighted by Crippen LogP contribution is -2.32. The van der Waals surface area contributed by atoms with Gasteiger partial charge in [-0.05, 0) is 43.9 Å². The minimum Gasteiger partial charge on any atom is -0.416 e. The van der Waals surface area contributed by atoms with Crippen LogP contribution in [0.15, 0.2) is 38.8 Å². The van der Waals surface area contributed by atoms with Gasteiger partial charge in [-0.25, -0.2) is 13.6 Å². The molecule has 0 bridgehead atoms. The van der Waals surface area contributed by atoms with Crippen LogP contribution in [0.25, 0.3) is 0 Å². The highest BCUT2D eigenvalue weighted by Gasteiger charge is 2.30. The summed E-state index contributed by atoms with van der Waals surface area (Å²) in [5.41, 5.74) is 0.906. The zero-order valence-electron chi connectivity index (χ0n) is 14.2. The highest BCUT2D eigenvalue weighted by atomic mass is 32.2. The third-order valence-electron chi connectivity index (χ3n) is 3.96. The van der Waals surface area contributed by atoms with Crippen LogP contribution in [0.1, 0.15) is 37.1 Å². The van der Waals surface area contributed by atoms with Crippen LogP contribution < -0.4 is 10.5 Å². The monoisotopic (exact) mass is 396 g/mol. The molecule has 1 saturated carbocycles. The molecule has 0 spiro atoms. The number of nitrogens with two attached hydrogens (primary N) is 1. The number of nitrogens with zero attached hydrogens (tertiary/aromatic N) is 2. The maximum atomic E-state index is 12.2. The van der Waals surface area contributed by atoms with Gasteiger partial charge in [-0.3, -0.25) is 4.79 Å². The first-order valence-electron chi connectivity index (χ1n) is 8.22. The summed E-state index contributed by atoms with van der Waals surface area (Å²) in [5.74, 6) is 0.923. The van der Waals surface area contributed by atoms with Crippen LogP contribution in [-0.4, -0.2) is 36.3 Å². The molecule has 1 aromatic carbocycles. The van der Waals surface area contributed by atoms with E-state index in [-0.39, 0.29) is 16.1 Å². The summed E-state index contributed by atoms with van der Waals surface area (Å²) >= 11 is 1.24. The molecule has 0 radical (unpaired) electrons. The van der Waals surface area contributed by atoms with Gasteiger partial charge in [0.1, 0.15) is 0 Å². The predicted octanol–water partition coefficient (Wildman–Crippen LogP) is 1.43. The van der Waals surface area contributed by atoms with Crippen molar-refractivity contribution in [1.29, 1.82) is 0 Å². The molecule has 26 heavy (non-hydrogen) atoms. The minimum absolute atomic E-state index is 0.0698. The Balaban J connectivity index is 1.44. The normalized spacial score (nSPS) is 15.6. The molecular formula is C16H20N4O4S2. The van der Waals surface area contributed by atoms with Crippen molar-refractivity contribution in [2.24, 2.45) is 5.14 Å². The van der Waals surface area contributed by atoms with Crippen molar-refractivity contribution in [3.63, 3.8) is 0 Å². The van der Waals surface area contributed by atoms with E-state index in [1.54, 1.807) is 19.1 Å². The molecular weight excluding hydrogens is 376 g/mol.